The smallest absolute Gasteiger partial charge is 0.324 e. The third kappa shape index (κ3) is 2.34. The van der Waals surface area contributed by atoms with E-state index in [1.54, 1.807) is 0 Å². The van der Waals surface area contributed by atoms with E-state index in [0.29, 0.717) is 6.42 Å². The van der Waals surface area contributed by atoms with Crippen molar-refractivity contribution < 1.29 is 9.90 Å². The predicted molar refractivity (Wildman–Crippen MR) is 64.2 cm³/mol. The highest BCUT2D eigenvalue weighted by Crippen LogP contribution is 2.39. The van der Waals surface area contributed by atoms with Crippen LogP contribution in [0.25, 0.3) is 0 Å². The molecule has 1 aromatic rings. The van der Waals surface area contributed by atoms with E-state index >= 15 is 0 Å². The zero-order valence-electron chi connectivity index (χ0n) is 9.06. The lowest BCUT2D eigenvalue weighted by Gasteiger charge is -2.27. The first-order valence-corrected chi connectivity index (χ1v) is 6.08. The van der Waals surface area contributed by atoms with Gasteiger partial charge in [0, 0.05) is 0 Å². The summed E-state index contributed by atoms with van der Waals surface area (Å²) in [6.07, 6.45) is 0.602. The standard InChI is InChI=1S/C12H16O2S/c1-3-12(11(13)14,15-4-2)10-8-6-5-7-9-10/h5-9H,3-4H2,1-2H3,(H,13,14). The van der Waals surface area contributed by atoms with Crippen LogP contribution in [0.1, 0.15) is 25.8 Å². The van der Waals surface area contributed by atoms with Gasteiger partial charge in [0.1, 0.15) is 4.75 Å². The van der Waals surface area contributed by atoms with Crippen LogP contribution in [0.4, 0.5) is 0 Å². The second kappa shape index (κ2) is 5.21. The van der Waals surface area contributed by atoms with E-state index in [0.717, 1.165) is 11.3 Å². The third-order valence-electron chi connectivity index (χ3n) is 2.47. The van der Waals surface area contributed by atoms with Gasteiger partial charge in [0.2, 0.25) is 0 Å². The number of carboxylic acids is 1. The van der Waals surface area contributed by atoms with Gasteiger partial charge in [-0.25, -0.2) is 0 Å². The minimum Gasteiger partial charge on any atom is -0.480 e. The average molecular weight is 224 g/mol. The van der Waals surface area contributed by atoms with E-state index in [1.807, 2.05) is 44.2 Å². The SMILES string of the molecule is CCSC(CC)(C(=O)O)c1ccccc1. The number of carboxylic acid groups (broad SMARTS) is 1. The molecule has 0 bridgehead atoms. The minimum atomic E-state index is -0.782. The molecule has 0 saturated carbocycles. The summed E-state index contributed by atoms with van der Waals surface area (Å²) < 4.78 is -0.782. The Morgan fingerprint density at radius 3 is 2.33 bits per heavy atom. The Morgan fingerprint density at radius 1 is 1.33 bits per heavy atom. The van der Waals surface area contributed by atoms with Crippen LogP contribution in [-0.4, -0.2) is 16.8 Å². The van der Waals surface area contributed by atoms with E-state index in [1.165, 1.54) is 11.8 Å². The summed E-state index contributed by atoms with van der Waals surface area (Å²) in [5.74, 6) is 0.0535. The molecule has 15 heavy (non-hydrogen) atoms. The second-order valence-corrected chi connectivity index (χ2v) is 4.85. The molecular formula is C12H16O2S. The van der Waals surface area contributed by atoms with Crippen molar-refractivity contribution in [1.82, 2.24) is 0 Å². The minimum absolute atomic E-state index is 0.602. The fraction of sp³-hybridized carbons (Fsp3) is 0.417. The monoisotopic (exact) mass is 224 g/mol. The largest absolute Gasteiger partial charge is 0.480 e. The summed E-state index contributed by atoms with van der Waals surface area (Å²) in [7, 11) is 0. The van der Waals surface area contributed by atoms with Crippen LogP contribution >= 0.6 is 11.8 Å². The van der Waals surface area contributed by atoms with E-state index in [-0.39, 0.29) is 0 Å². The van der Waals surface area contributed by atoms with Gasteiger partial charge >= 0.3 is 5.97 Å². The highest BCUT2D eigenvalue weighted by atomic mass is 32.2. The third-order valence-corrected chi connectivity index (χ3v) is 3.95. The van der Waals surface area contributed by atoms with Gasteiger partial charge in [-0.15, -0.1) is 11.8 Å². The lowest BCUT2D eigenvalue weighted by molar-refractivity contribution is -0.140. The second-order valence-electron chi connectivity index (χ2n) is 3.28. The summed E-state index contributed by atoms with van der Waals surface area (Å²) >= 11 is 1.49. The summed E-state index contributed by atoms with van der Waals surface area (Å²) in [4.78, 5) is 11.4. The molecule has 0 radical (unpaired) electrons. The molecule has 0 fully saturated rings. The van der Waals surface area contributed by atoms with Crippen LogP contribution in [0.5, 0.6) is 0 Å². The normalized spacial score (nSPS) is 14.5. The van der Waals surface area contributed by atoms with Crippen molar-refractivity contribution in [3.05, 3.63) is 35.9 Å². The Hall–Kier alpha value is -0.960. The van der Waals surface area contributed by atoms with Crippen LogP contribution in [0, 0.1) is 0 Å². The van der Waals surface area contributed by atoms with Gasteiger partial charge < -0.3 is 5.11 Å². The zero-order chi connectivity index (χ0) is 11.3. The topological polar surface area (TPSA) is 37.3 Å². The van der Waals surface area contributed by atoms with E-state index in [2.05, 4.69) is 0 Å². The molecule has 0 heterocycles. The summed E-state index contributed by atoms with van der Waals surface area (Å²) in [6.45, 7) is 3.91. The highest BCUT2D eigenvalue weighted by Gasteiger charge is 2.38. The molecule has 0 amide bonds. The first-order valence-electron chi connectivity index (χ1n) is 5.10. The lowest BCUT2D eigenvalue weighted by atomic mass is 9.95. The number of hydrogen-bond donors (Lipinski definition) is 1. The van der Waals surface area contributed by atoms with Crippen molar-refractivity contribution >= 4 is 17.7 Å². The number of aliphatic carboxylic acids is 1. The molecule has 0 aliphatic carbocycles. The molecule has 0 aliphatic rings. The molecule has 2 nitrogen and oxygen atoms in total. The molecule has 1 N–H and O–H groups in total. The van der Waals surface area contributed by atoms with Gasteiger partial charge in [0.05, 0.1) is 0 Å². The Balaban J connectivity index is 3.15. The van der Waals surface area contributed by atoms with Crippen molar-refractivity contribution in [2.45, 2.75) is 25.0 Å². The van der Waals surface area contributed by atoms with E-state index in [9.17, 15) is 9.90 Å². The highest BCUT2D eigenvalue weighted by molar-refractivity contribution is 8.00. The molecule has 0 saturated heterocycles. The van der Waals surface area contributed by atoms with Crippen molar-refractivity contribution in [2.24, 2.45) is 0 Å². The molecule has 3 heteroatoms. The first kappa shape index (κ1) is 12.1. The number of benzene rings is 1. The van der Waals surface area contributed by atoms with Gasteiger partial charge in [0.25, 0.3) is 0 Å². The molecule has 1 atom stereocenters. The first-order chi connectivity index (χ1) is 7.17. The number of rotatable bonds is 5. The maximum atomic E-state index is 11.4. The fourth-order valence-electron chi connectivity index (χ4n) is 1.68. The molecular weight excluding hydrogens is 208 g/mol. The molecule has 1 aromatic carbocycles. The quantitative estimate of drug-likeness (QED) is 0.835. The summed E-state index contributed by atoms with van der Waals surface area (Å²) in [5, 5.41) is 9.39. The maximum absolute atomic E-state index is 11.4. The van der Waals surface area contributed by atoms with Crippen molar-refractivity contribution in [3.63, 3.8) is 0 Å². The predicted octanol–water partition coefficient (Wildman–Crippen LogP) is 3.13. The summed E-state index contributed by atoms with van der Waals surface area (Å²) in [5.41, 5.74) is 0.881. The van der Waals surface area contributed by atoms with Gasteiger partial charge in [-0.2, -0.15) is 0 Å². The molecule has 0 spiro atoms. The number of carbonyl (C=O) groups is 1. The van der Waals surface area contributed by atoms with Crippen LogP contribution in [0.2, 0.25) is 0 Å². The molecule has 82 valence electrons. The Labute approximate surface area is 94.7 Å². The van der Waals surface area contributed by atoms with Crippen molar-refractivity contribution in [1.29, 1.82) is 0 Å². The molecule has 1 rings (SSSR count). The van der Waals surface area contributed by atoms with Gasteiger partial charge in [-0.3, -0.25) is 4.79 Å². The van der Waals surface area contributed by atoms with Crippen LogP contribution in [-0.2, 0) is 9.54 Å². The fourth-order valence-corrected chi connectivity index (χ4v) is 2.80. The van der Waals surface area contributed by atoms with Gasteiger partial charge in [-0.1, -0.05) is 44.2 Å². The van der Waals surface area contributed by atoms with Gasteiger partial charge in [0.15, 0.2) is 0 Å². The molecule has 0 aliphatic heterocycles. The Kier molecular flexibility index (Phi) is 4.21. The Morgan fingerprint density at radius 2 is 1.93 bits per heavy atom. The number of thioether (sulfide) groups is 1. The zero-order valence-corrected chi connectivity index (χ0v) is 9.88. The van der Waals surface area contributed by atoms with Crippen LogP contribution in [0.3, 0.4) is 0 Å². The van der Waals surface area contributed by atoms with Gasteiger partial charge in [-0.05, 0) is 17.7 Å². The maximum Gasteiger partial charge on any atom is 0.324 e. The van der Waals surface area contributed by atoms with Crippen molar-refractivity contribution in [3.8, 4) is 0 Å². The van der Waals surface area contributed by atoms with Crippen LogP contribution in [0.15, 0.2) is 30.3 Å². The molecule has 0 aromatic heterocycles. The summed E-state index contributed by atoms with van der Waals surface area (Å²) in [6, 6.07) is 9.46. The lowest BCUT2D eigenvalue weighted by Crippen LogP contribution is -2.31. The average Bonchev–Trinajstić information content (AvgIpc) is 2.26. The van der Waals surface area contributed by atoms with E-state index in [4.69, 9.17) is 0 Å². The molecule has 1 unspecified atom stereocenters. The van der Waals surface area contributed by atoms with Crippen LogP contribution < -0.4 is 0 Å². The van der Waals surface area contributed by atoms with E-state index < -0.39 is 10.7 Å². The Bertz CT molecular complexity index is 324. The van der Waals surface area contributed by atoms with Crippen molar-refractivity contribution in [2.75, 3.05) is 5.75 Å². The number of hydrogen-bond acceptors (Lipinski definition) is 2.